The SMILES string of the molecule is O=C(OCc1ccccc1)N(CC1CCOCC1)C1C[C@H]2CNC[C@H]2C1.O=C(OCc1ccccc1)N(CC1CCOCC1)C1C[C@H]2CNC[C@H]2C1. The Morgan fingerprint density at radius 3 is 1.25 bits per heavy atom. The number of ether oxygens (including phenoxy) is 4. The molecule has 52 heavy (non-hydrogen) atoms. The Labute approximate surface area is 310 Å². The van der Waals surface area contributed by atoms with Gasteiger partial charge in [-0.25, -0.2) is 9.59 Å². The van der Waals surface area contributed by atoms with Crippen LogP contribution in [0.15, 0.2) is 60.7 Å². The Morgan fingerprint density at radius 2 is 0.904 bits per heavy atom. The summed E-state index contributed by atoms with van der Waals surface area (Å²) in [5.74, 6) is 3.95. The maximum Gasteiger partial charge on any atom is 0.410 e. The molecule has 2 aromatic carbocycles. The van der Waals surface area contributed by atoms with Crippen LogP contribution in [-0.4, -0.2) is 99.8 Å². The summed E-state index contributed by atoms with van der Waals surface area (Å²) in [6.45, 7) is 10.0. The molecule has 0 aromatic heterocycles. The first kappa shape index (κ1) is 37.1. The molecule has 2 aromatic rings. The Kier molecular flexibility index (Phi) is 13.4. The van der Waals surface area contributed by atoms with Gasteiger partial charge < -0.3 is 39.4 Å². The molecule has 10 heteroatoms. The Hall–Kier alpha value is -3.18. The molecule has 10 nitrogen and oxygen atoms in total. The van der Waals surface area contributed by atoms with E-state index in [1.54, 1.807) is 0 Å². The Bertz CT molecular complexity index is 1260. The molecule has 2 N–H and O–H groups in total. The molecule has 4 saturated heterocycles. The number of hydrogen-bond acceptors (Lipinski definition) is 8. The highest BCUT2D eigenvalue weighted by molar-refractivity contribution is 5.68. The van der Waals surface area contributed by atoms with E-state index >= 15 is 0 Å². The van der Waals surface area contributed by atoms with Crippen LogP contribution in [0.1, 0.15) is 62.5 Å². The molecule has 2 aliphatic carbocycles. The number of carbonyl (C=O) groups is 2. The average Bonchev–Trinajstić information content (AvgIpc) is 3.99. The van der Waals surface area contributed by atoms with Gasteiger partial charge in [-0.05, 0) is 124 Å². The lowest BCUT2D eigenvalue weighted by Gasteiger charge is -2.33. The van der Waals surface area contributed by atoms with E-state index in [1.165, 1.54) is 0 Å². The van der Waals surface area contributed by atoms with Crippen LogP contribution in [-0.2, 0) is 32.2 Å². The first-order valence-corrected chi connectivity index (χ1v) is 20.1. The number of fused-ring (bicyclic) bond motifs is 2. The topological polar surface area (TPSA) is 102 Å². The highest BCUT2D eigenvalue weighted by Gasteiger charge is 2.43. The maximum atomic E-state index is 13.0. The molecule has 4 aliphatic heterocycles. The lowest BCUT2D eigenvalue weighted by atomic mass is 9.98. The summed E-state index contributed by atoms with van der Waals surface area (Å²) in [4.78, 5) is 30.0. The number of hydrogen-bond donors (Lipinski definition) is 2. The number of rotatable bonds is 10. The number of carbonyl (C=O) groups excluding carboxylic acids is 2. The summed E-state index contributed by atoms with van der Waals surface area (Å²) in [6, 6.07) is 20.6. The molecule has 0 spiro atoms. The highest BCUT2D eigenvalue weighted by atomic mass is 16.6. The van der Waals surface area contributed by atoms with E-state index in [0.29, 0.717) is 37.1 Å². The van der Waals surface area contributed by atoms with Gasteiger partial charge in [-0.15, -0.1) is 0 Å². The molecule has 4 heterocycles. The standard InChI is InChI=1S/2C21H30N2O3/c2*24-21(26-15-17-4-2-1-3-5-17)23(14-16-6-8-25-9-7-16)20-10-18-12-22-13-19(18)11-20/h2*1-5,16,18-20,22H,6-15H2/t2*18-,19+,20?. The molecule has 8 rings (SSSR count). The zero-order valence-corrected chi connectivity index (χ0v) is 30.9. The third kappa shape index (κ3) is 10.1. The lowest BCUT2D eigenvalue weighted by molar-refractivity contribution is 0.0352. The number of nitrogens with zero attached hydrogens (tertiary/aromatic N) is 2. The van der Waals surface area contributed by atoms with Crippen LogP contribution in [0.25, 0.3) is 0 Å². The average molecular weight is 717 g/mol. The third-order valence-electron chi connectivity index (χ3n) is 12.6. The van der Waals surface area contributed by atoms with Gasteiger partial charge in [0.15, 0.2) is 0 Å². The van der Waals surface area contributed by atoms with Gasteiger partial charge in [0.2, 0.25) is 0 Å². The molecule has 2 unspecified atom stereocenters. The van der Waals surface area contributed by atoms with Gasteiger partial charge in [0.1, 0.15) is 13.2 Å². The molecule has 2 saturated carbocycles. The summed E-state index contributed by atoms with van der Waals surface area (Å²) < 4.78 is 22.4. The Morgan fingerprint density at radius 1 is 0.558 bits per heavy atom. The van der Waals surface area contributed by atoms with Gasteiger partial charge in [-0.3, -0.25) is 0 Å². The minimum Gasteiger partial charge on any atom is -0.445 e. The molecular formula is C42H60N4O6. The monoisotopic (exact) mass is 716 g/mol. The van der Waals surface area contributed by atoms with Crippen LogP contribution in [0, 0.1) is 35.5 Å². The summed E-state index contributed by atoms with van der Waals surface area (Å²) in [5.41, 5.74) is 2.08. The van der Waals surface area contributed by atoms with Gasteiger partial charge >= 0.3 is 12.2 Å². The van der Waals surface area contributed by atoms with E-state index in [0.717, 1.165) is 152 Å². The predicted octanol–water partition coefficient (Wildman–Crippen LogP) is 6.10. The highest BCUT2D eigenvalue weighted by Crippen LogP contribution is 2.39. The molecule has 284 valence electrons. The smallest absolute Gasteiger partial charge is 0.410 e. The zero-order valence-electron chi connectivity index (χ0n) is 30.9. The van der Waals surface area contributed by atoms with Gasteiger partial charge in [0.05, 0.1) is 0 Å². The van der Waals surface area contributed by atoms with Crippen LogP contribution < -0.4 is 10.6 Å². The summed E-state index contributed by atoms with van der Waals surface area (Å²) in [5, 5.41) is 6.98. The van der Waals surface area contributed by atoms with Crippen molar-refractivity contribution in [3.63, 3.8) is 0 Å². The Balaban J connectivity index is 0.000000162. The van der Waals surface area contributed by atoms with E-state index in [1.807, 2.05) is 60.7 Å². The minimum atomic E-state index is -0.140. The van der Waals surface area contributed by atoms with Crippen molar-refractivity contribution >= 4 is 12.2 Å². The van der Waals surface area contributed by atoms with Gasteiger partial charge in [-0.1, -0.05) is 60.7 Å². The molecular weight excluding hydrogens is 656 g/mol. The van der Waals surface area contributed by atoms with E-state index < -0.39 is 0 Å². The van der Waals surface area contributed by atoms with Crippen molar-refractivity contribution in [3.05, 3.63) is 71.8 Å². The van der Waals surface area contributed by atoms with Crippen LogP contribution in [0.3, 0.4) is 0 Å². The van der Waals surface area contributed by atoms with Crippen molar-refractivity contribution in [3.8, 4) is 0 Å². The third-order valence-corrected chi connectivity index (χ3v) is 12.6. The van der Waals surface area contributed by atoms with E-state index in [4.69, 9.17) is 18.9 Å². The second-order valence-corrected chi connectivity index (χ2v) is 16.1. The van der Waals surface area contributed by atoms with Crippen molar-refractivity contribution < 1.29 is 28.5 Å². The lowest BCUT2D eigenvalue weighted by Crippen LogP contribution is -2.44. The van der Waals surface area contributed by atoms with Crippen LogP contribution in [0.2, 0.25) is 0 Å². The van der Waals surface area contributed by atoms with Gasteiger partial charge in [-0.2, -0.15) is 0 Å². The van der Waals surface area contributed by atoms with Crippen LogP contribution in [0.5, 0.6) is 0 Å². The first-order valence-electron chi connectivity index (χ1n) is 20.1. The fraction of sp³-hybridized carbons (Fsp3) is 0.667. The molecule has 0 bridgehead atoms. The first-order chi connectivity index (χ1) is 25.6. The summed E-state index contributed by atoms with van der Waals surface area (Å²) >= 11 is 0. The van der Waals surface area contributed by atoms with E-state index in [2.05, 4.69) is 20.4 Å². The molecule has 2 amide bonds. The summed E-state index contributed by atoms with van der Waals surface area (Å²) in [6.07, 6.45) is 8.35. The quantitative estimate of drug-likeness (QED) is 0.305. The second kappa shape index (κ2) is 18.7. The number of amides is 2. The molecule has 6 fully saturated rings. The van der Waals surface area contributed by atoms with Crippen molar-refractivity contribution in [1.82, 2.24) is 20.4 Å². The van der Waals surface area contributed by atoms with Crippen molar-refractivity contribution in [2.75, 3.05) is 65.7 Å². The fourth-order valence-corrected chi connectivity index (χ4v) is 9.54. The molecule has 0 radical (unpaired) electrons. The largest absolute Gasteiger partial charge is 0.445 e. The minimum absolute atomic E-state index is 0.140. The van der Waals surface area contributed by atoms with Crippen molar-refractivity contribution in [2.24, 2.45) is 35.5 Å². The van der Waals surface area contributed by atoms with Crippen molar-refractivity contribution in [2.45, 2.75) is 76.7 Å². The molecule has 6 atom stereocenters. The normalized spacial score (nSPS) is 28.7. The maximum absolute atomic E-state index is 13.0. The number of benzene rings is 2. The van der Waals surface area contributed by atoms with Gasteiger partial charge in [0, 0.05) is 51.6 Å². The number of nitrogens with one attached hydrogen (secondary N) is 2. The van der Waals surface area contributed by atoms with Crippen molar-refractivity contribution in [1.29, 1.82) is 0 Å². The van der Waals surface area contributed by atoms with Crippen LogP contribution >= 0.6 is 0 Å². The molecule has 6 aliphatic rings. The summed E-state index contributed by atoms with van der Waals surface area (Å²) in [7, 11) is 0. The predicted molar refractivity (Wildman–Crippen MR) is 199 cm³/mol. The van der Waals surface area contributed by atoms with Gasteiger partial charge in [0.25, 0.3) is 0 Å². The zero-order chi connectivity index (χ0) is 35.5. The van der Waals surface area contributed by atoms with E-state index in [9.17, 15) is 9.59 Å². The fourth-order valence-electron chi connectivity index (χ4n) is 9.54. The van der Waals surface area contributed by atoms with E-state index in [-0.39, 0.29) is 12.2 Å². The second-order valence-electron chi connectivity index (χ2n) is 16.1. The van der Waals surface area contributed by atoms with Crippen LogP contribution in [0.4, 0.5) is 9.59 Å².